The maximum atomic E-state index is 13.1. The Morgan fingerprint density at radius 2 is 1.79 bits per heavy atom. The van der Waals surface area contributed by atoms with E-state index >= 15 is 0 Å². The standard InChI is InChI=1S/C25H30N2O6/c1-15(2)33-18-9-6-16(7-10-18)23(29)21-22(17-8-11-19(28)20(14-17)32-5)27(13-12-26(3)4)25(31)24(21)30/h6-11,14-15,22,28-29H,12-13H2,1-5H3/b23-21-. The summed E-state index contributed by atoms with van der Waals surface area (Å²) in [6.07, 6.45) is -0.00375. The van der Waals surface area contributed by atoms with Gasteiger partial charge >= 0.3 is 0 Å². The molecule has 8 nitrogen and oxygen atoms in total. The summed E-state index contributed by atoms with van der Waals surface area (Å²) in [5.74, 6) is -0.934. The maximum Gasteiger partial charge on any atom is 0.295 e. The number of hydrogen-bond donors (Lipinski definition) is 2. The smallest absolute Gasteiger partial charge is 0.295 e. The zero-order valence-corrected chi connectivity index (χ0v) is 19.5. The van der Waals surface area contributed by atoms with Crippen molar-refractivity contribution < 1.29 is 29.3 Å². The zero-order valence-electron chi connectivity index (χ0n) is 19.5. The highest BCUT2D eigenvalue weighted by Crippen LogP contribution is 2.41. The van der Waals surface area contributed by atoms with Gasteiger partial charge in [0.1, 0.15) is 11.5 Å². The maximum absolute atomic E-state index is 13.1. The van der Waals surface area contributed by atoms with E-state index in [4.69, 9.17) is 9.47 Å². The van der Waals surface area contributed by atoms with Crippen LogP contribution >= 0.6 is 0 Å². The largest absolute Gasteiger partial charge is 0.507 e. The molecule has 0 aliphatic carbocycles. The van der Waals surface area contributed by atoms with Gasteiger partial charge in [0.2, 0.25) is 0 Å². The highest BCUT2D eigenvalue weighted by atomic mass is 16.5. The molecule has 176 valence electrons. The van der Waals surface area contributed by atoms with Gasteiger partial charge in [-0.2, -0.15) is 0 Å². The van der Waals surface area contributed by atoms with Crippen molar-refractivity contribution in [2.24, 2.45) is 0 Å². The fraction of sp³-hybridized carbons (Fsp3) is 0.360. The number of rotatable bonds is 8. The molecule has 3 rings (SSSR count). The molecule has 1 fully saturated rings. The van der Waals surface area contributed by atoms with E-state index in [1.54, 1.807) is 36.4 Å². The number of carbonyl (C=O) groups excluding carboxylic acids is 2. The Morgan fingerprint density at radius 3 is 2.36 bits per heavy atom. The SMILES string of the molecule is COc1cc(C2/C(=C(/O)c3ccc(OC(C)C)cc3)C(=O)C(=O)N2CCN(C)C)ccc1O. The molecule has 8 heteroatoms. The van der Waals surface area contributed by atoms with Crippen LogP contribution in [-0.4, -0.2) is 72.1 Å². The van der Waals surface area contributed by atoms with Crippen LogP contribution in [0.3, 0.4) is 0 Å². The predicted molar refractivity (Wildman–Crippen MR) is 124 cm³/mol. The number of phenolic OH excluding ortho intramolecular Hbond substituents is 1. The second-order valence-corrected chi connectivity index (χ2v) is 8.42. The number of carbonyl (C=O) groups is 2. The van der Waals surface area contributed by atoms with Crippen LogP contribution in [0.25, 0.3) is 5.76 Å². The highest BCUT2D eigenvalue weighted by Gasteiger charge is 2.46. The molecule has 1 saturated heterocycles. The molecular weight excluding hydrogens is 424 g/mol. The van der Waals surface area contributed by atoms with Gasteiger partial charge in [-0.25, -0.2) is 0 Å². The summed E-state index contributed by atoms with van der Waals surface area (Å²) in [5.41, 5.74) is 0.931. The van der Waals surface area contributed by atoms with Gasteiger partial charge in [-0.15, -0.1) is 0 Å². The minimum atomic E-state index is -0.828. The monoisotopic (exact) mass is 454 g/mol. The molecule has 2 aromatic carbocycles. The average molecular weight is 455 g/mol. The van der Waals surface area contributed by atoms with Crippen molar-refractivity contribution in [2.45, 2.75) is 26.0 Å². The zero-order chi connectivity index (χ0) is 24.3. The molecule has 0 radical (unpaired) electrons. The van der Waals surface area contributed by atoms with Crippen LogP contribution in [0.15, 0.2) is 48.0 Å². The number of aliphatic hydroxyl groups is 1. The summed E-state index contributed by atoms with van der Waals surface area (Å²) in [4.78, 5) is 29.4. The van der Waals surface area contributed by atoms with E-state index in [0.29, 0.717) is 23.4 Å². The molecule has 1 atom stereocenters. The lowest BCUT2D eigenvalue weighted by Gasteiger charge is -2.27. The number of aliphatic hydroxyl groups excluding tert-OH is 1. The summed E-state index contributed by atoms with van der Waals surface area (Å²) in [6, 6.07) is 10.5. The van der Waals surface area contributed by atoms with Gasteiger partial charge in [-0.3, -0.25) is 9.59 Å². The van der Waals surface area contributed by atoms with E-state index in [2.05, 4.69) is 0 Å². The topological polar surface area (TPSA) is 99.5 Å². The second kappa shape index (κ2) is 9.95. The molecule has 1 heterocycles. The first kappa shape index (κ1) is 24.1. The molecule has 2 N–H and O–H groups in total. The summed E-state index contributed by atoms with van der Waals surface area (Å²) in [7, 11) is 5.16. The number of ketones is 1. The number of methoxy groups -OCH3 is 1. The van der Waals surface area contributed by atoms with Crippen molar-refractivity contribution in [1.29, 1.82) is 0 Å². The normalized spacial score (nSPS) is 17.8. The van der Waals surface area contributed by atoms with Crippen LogP contribution < -0.4 is 9.47 Å². The fourth-order valence-corrected chi connectivity index (χ4v) is 3.75. The third-order valence-electron chi connectivity index (χ3n) is 5.35. The third-order valence-corrected chi connectivity index (χ3v) is 5.35. The number of aromatic hydroxyl groups is 1. The van der Waals surface area contributed by atoms with Crippen molar-refractivity contribution in [3.63, 3.8) is 0 Å². The molecule has 1 aliphatic heterocycles. The van der Waals surface area contributed by atoms with Gasteiger partial charge in [-0.1, -0.05) is 6.07 Å². The van der Waals surface area contributed by atoms with E-state index in [0.717, 1.165) is 0 Å². The van der Waals surface area contributed by atoms with E-state index in [1.807, 2.05) is 32.8 Å². The van der Waals surface area contributed by atoms with Crippen molar-refractivity contribution in [3.05, 3.63) is 59.2 Å². The molecule has 1 aliphatic rings. The summed E-state index contributed by atoms with van der Waals surface area (Å²) < 4.78 is 10.9. The number of nitrogens with zero attached hydrogens (tertiary/aromatic N) is 2. The molecule has 0 bridgehead atoms. The number of amides is 1. The molecule has 0 aromatic heterocycles. The van der Waals surface area contributed by atoms with Crippen LogP contribution in [0.4, 0.5) is 0 Å². The molecule has 0 spiro atoms. The quantitative estimate of drug-likeness (QED) is 0.359. The first-order chi connectivity index (χ1) is 15.6. The number of ether oxygens (including phenoxy) is 2. The van der Waals surface area contributed by atoms with Crippen molar-refractivity contribution in [2.75, 3.05) is 34.3 Å². The predicted octanol–water partition coefficient (Wildman–Crippen LogP) is 3.17. The van der Waals surface area contributed by atoms with Gasteiger partial charge in [0.25, 0.3) is 11.7 Å². The third kappa shape index (κ3) is 5.12. The van der Waals surface area contributed by atoms with Gasteiger partial charge in [0.15, 0.2) is 11.5 Å². The summed E-state index contributed by atoms with van der Waals surface area (Å²) in [5, 5.41) is 21.2. The van der Waals surface area contributed by atoms with Crippen molar-refractivity contribution in [3.8, 4) is 17.2 Å². The van der Waals surface area contributed by atoms with Crippen molar-refractivity contribution >= 4 is 17.4 Å². The van der Waals surface area contributed by atoms with E-state index in [-0.39, 0.29) is 35.5 Å². The van der Waals surface area contributed by atoms with Crippen LogP contribution in [0, 0.1) is 0 Å². The number of phenols is 1. The van der Waals surface area contributed by atoms with Crippen LogP contribution in [0.2, 0.25) is 0 Å². The van der Waals surface area contributed by atoms with E-state index in [9.17, 15) is 19.8 Å². The van der Waals surface area contributed by atoms with Gasteiger partial charge in [0.05, 0.1) is 24.8 Å². The molecule has 1 unspecified atom stereocenters. The number of benzene rings is 2. The van der Waals surface area contributed by atoms with Gasteiger partial charge in [-0.05, 0) is 69.9 Å². The van der Waals surface area contributed by atoms with Crippen LogP contribution in [-0.2, 0) is 9.59 Å². The number of Topliss-reactive ketones (excluding diaryl/α,β-unsaturated/α-hetero) is 1. The Bertz CT molecular complexity index is 1060. The number of hydrogen-bond acceptors (Lipinski definition) is 7. The second-order valence-electron chi connectivity index (χ2n) is 8.42. The Balaban J connectivity index is 2.11. The Morgan fingerprint density at radius 1 is 1.12 bits per heavy atom. The van der Waals surface area contributed by atoms with Crippen molar-refractivity contribution in [1.82, 2.24) is 9.80 Å². The van der Waals surface area contributed by atoms with E-state index in [1.165, 1.54) is 18.1 Å². The Hall–Kier alpha value is -3.52. The number of likely N-dealkylation sites (tertiary alicyclic amines) is 1. The first-order valence-electron chi connectivity index (χ1n) is 10.7. The number of likely N-dealkylation sites (N-methyl/N-ethyl adjacent to an activating group) is 1. The van der Waals surface area contributed by atoms with Crippen LogP contribution in [0.5, 0.6) is 17.2 Å². The molecular formula is C25H30N2O6. The molecule has 0 saturated carbocycles. The van der Waals surface area contributed by atoms with Crippen LogP contribution in [0.1, 0.15) is 31.0 Å². The lowest BCUT2D eigenvalue weighted by molar-refractivity contribution is -0.140. The summed E-state index contributed by atoms with van der Waals surface area (Å²) >= 11 is 0. The minimum absolute atomic E-state index is 0.00375. The lowest BCUT2D eigenvalue weighted by atomic mass is 9.95. The van der Waals surface area contributed by atoms with Gasteiger partial charge < -0.3 is 29.5 Å². The highest BCUT2D eigenvalue weighted by molar-refractivity contribution is 6.46. The van der Waals surface area contributed by atoms with Gasteiger partial charge in [0, 0.05) is 18.7 Å². The average Bonchev–Trinajstić information content (AvgIpc) is 3.02. The fourth-order valence-electron chi connectivity index (χ4n) is 3.75. The molecule has 1 amide bonds. The summed E-state index contributed by atoms with van der Waals surface area (Å²) in [6.45, 7) is 4.63. The molecule has 2 aromatic rings. The Labute approximate surface area is 193 Å². The first-order valence-corrected chi connectivity index (χ1v) is 10.7. The van der Waals surface area contributed by atoms with E-state index < -0.39 is 17.7 Å². The minimum Gasteiger partial charge on any atom is -0.507 e. The Kier molecular flexibility index (Phi) is 7.28. The lowest BCUT2D eigenvalue weighted by Crippen LogP contribution is -2.35. The molecule has 33 heavy (non-hydrogen) atoms.